The van der Waals surface area contributed by atoms with E-state index in [4.69, 9.17) is 9.72 Å². The number of ether oxygens (including phenoxy) is 1. The van der Waals surface area contributed by atoms with Gasteiger partial charge in [-0.2, -0.15) is 0 Å². The fourth-order valence-electron chi connectivity index (χ4n) is 3.97. The van der Waals surface area contributed by atoms with Crippen LogP contribution in [-0.2, 0) is 4.74 Å². The quantitative estimate of drug-likeness (QED) is 0.459. The monoisotopic (exact) mass is 392 g/mol. The van der Waals surface area contributed by atoms with Gasteiger partial charge in [0.1, 0.15) is 24.6 Å². The van der Waals surface area contributed by atoms with Gasteiger partial charge in [0.05, 0.1) is 6.61 Å². The number of aromatic nitrogens is 4. The van der Waals surface area contributed by atoms with Gasteiger partial charge in [-0.25, -0.2) is 15.0 Å². The lowest BCUT2D eigenvalue weighted by molar-refractivity contribution is -0.0501. The number of hydrogen-bond donors (Lipinski definition) is 5. The number of nitrogens with zero attached hydrogens (tertiary/aromatic N) is 4. The van der Waals surface area contributed by atoms with Crippen molar-refractivity contribution in [2.24, 2.45) is 0 Å². The first-order valence-electron chi connectivity index (χ1n) is 9.99. The summed E-state index contributed by atoms with van der Waals surface area (Å²) in [6, 6.07) is 0.285. The van der Waals surface area contributed by atoms with E-state index in [0.717, 1.165) is 38.6 Å². The third kappa shape index (κ3) is 3.41. The second kappa shape index (κ2) is 8.16. The molecule has 0 bridgehead atoms. The van der Waals surface area contributed by atoms with Crippen LogP contribution in [0.3, 0.4) is 0 Å². The Morgan fingerprint density at radius 3 is 2.68 bits per heavy atom. The molecule has 2 aromatic heterocycles. The lowest BCUT2D eigenvalue weighted by Crippen LogP contribution is -2.33. The van der Waals surface area contributed by atoms with E-state index in [2.05, 4.69) is 27.5 Å². The molecule has 1 saturated heterocycles. The smallest absolute Gasteiger partial charge is 0.207 e. The molecule has 28 heavy (non-hydrogen) atoms. The predicted molar refractivity (Wildman–Crippen MR) is 103 cm³/mol. The zero-order chi connectivity index (χ0) is 19.7. The fourth-order valence-corrected chi connectivity index (χ4v) is 3.97. The summed E-state index contributed by atoms with van der Waals surface area (Å²) in [7, 11) is 0. The molecule has 10 heteroatoms. The predicted octanol–water partition coefficient (Wildman–Crippen LogP) is 0.614. The van der Waals surface area contributed by atoms with Crippen LogP contribution < -0.4 is 10.6 Å². The summed E-state index contributed by atoms with van der Waals surface area (Å²) in [5, 5.41) is 36.9. The van der Waals surface area contributed by atoms with Crippen LogP contribution in [0.1, 0.15) is 45.3 Å². The second-order valence-electron chi connectivity index (χ2n) is 7.48. The lowest BCUT2D eigenvalue weighted by Gasteiger charge is -2.21. The zero-order valence-corrected chi connectivity index (χ0v) is 16.0. The molecule has 1 aliphatic heterocycles. The summed E-state index contributed by atoms with van der Waals surface area (Å²) < 4.78 is 7.44. The van der Waals surface area contributed by atoms with Crippen LogP contribution in [0.4, 0.5) is 11.8 Å². The SMILES string of the molecule is CCCNc1ncnc2c1nc(NC1CCCC1)n2[C@@H]1O[C@H](CO)[C@@H](O)[C@H]1O. The van der Waals surface area contributed by atoms with Crippen molar-refractivity contribution in [1.82, 2.24) is 19.5 Å². The number of hydrogen-bond acceptors (Lipinski definition) is 9. The third-order valence-electron chi connectivity index (χ3n) is 5.48. The molecule has 4 rings (SSSR count). The maximum absolute atomic E-state index is 10.6. The Kier molecular flexibility index (Phi) is 5.63. The van der Waals surface area contributed by atoms with Crippen LogP contribution in [0.5, 0.6) is 0 Å². The first kappa shape index (κ1) is 19.3. The van der Waals surface area contributed by atoms with Crippen LogP contribution in [-0.4, -0.2) is 72.3 Å². The Morgan fingerprint density at radius 1 is 1.21 bits per heavy atom. The molecule has 0 radical (unpaired) electrons. The highest BCUT2D eigenvalue weighted by molar-refractivity contribution is 5.85. The van der Waals surface area contributed by atoms with Crippen molar-refractivity contribution in [1.29, 1.82) is 0 Å². The van der Waals surface area contributed by atoms with Gasteiger partial charge in [-0.15, -0.1) is 0 Å². The van der Waals surface area contributed by atoms with Crippen molar-refractivity contribution < 1.29 is 20.1 Å². The van der Waals surface area contributed by atoms with Crippen molar-refractivity contribution in [2.45, 2.75) is 69.6 Å². The van der Waals surface area contributed by atoms with Crippen molar-refractivity contribution >= 4 is 22.9 Å². The molecule has 0 unspecified atom stereocenters. The van der Waals surface area contributed by atoms with Crippen molar-refractivity contribution in [3.05, 3.63) is 6.33 Å². The lowest BCUT2D eigenvalue weighted by atomic mass is 10.1. The Labute approximate surface area is 163 Å². The Hall–Kier alpha value is -2.01. The molecule has 0 amide bonds. The fraction of sp³-hybridized carbons (Fsp3) is 0.722. The molecule has 1 aliphatic carbocycles. The first-order chi connectivity index (χ1) is 13.6. The third-order valence-corrected chi connectivity index (χ3v) is 5.48. The van der Waals surface area contributed by atoms with E-state index in [0.29, 0.717) is 22.9 Å². The summed E-state index contributed by atoms with van der Waals surface area (Å²) >= 11 is 0. The molecule has 0 aromatic carbocycles. The number of aliphatic hydroxyl groups excluding tert-OH is 3. The van der Waals surface area contributed by atoms with Gasteiger partial charge >= 0.3 is 0 Å². The van der Waals surface area contributed by atoms with Crippen LogP contribution in [0.25, 0.3) is 11.2 Å². The average Bonchev–Trinajstić information content (AvgIpc) is 3.40. The Morgan fingerprint density at radius 2 is 2.00 bits per heavy atom. The summed E-state index contributed by atoms with van der Waals surface area (Å²) in [6.45, 7) is 2.43. The van der Waals surface area contributed by atoms with Gasteiger partial charge in [0, 0.05) is 12.6 Å². The first-order valence-corrected chi connectivity index (χ1v) is 9.99. The highest BCUT2D eigenvalue weighted by Crippen LogP contribution is 2.36. The molecule has 2 aliphatic rings. The van der Waals surface area contributed by atoms with E-state index in [9.17, 15) is 15.3 Å². The van der Waals surface area contributed by atoms with Gasteiger partial charge in [-0.1, -0.05) is 19.8 Å². The molecule has 2 aromatic rings. The highest BCUT2D eigenvalue weighted by Gasteiger charge is 2.45. The zero-order valence-electron chi connectivity index (χ0n) is 16.0. The number of nitrogens with one attached hydrogen (secondary N) is 2. The van der Waals surface area contributed by atoms with Crippen LogP contribution in [0.2, 0.25) is 0 Å². The Balaban J connectivity index is 1.77. The minimum Gasteiger partial charge on any atom is -0.394 e. The van der Waals surface area contributed by atoms with Gasteiger partial charge in [0.2, 0.25) is 5.95 Å². The van der Waals surface area contributed by atoms with Crippen LogP contribution >= 0.6 is 0 Å². The van der Waals surface area contributed by atoms with Crippen molar-refractivity contribution in [3.63, 3.8) is 0 Å². The van der Waals surface area contributed by atoms with Gasteiger partial charge < -0.3 is 30.7 Å². The molecule has 4 atom stereocenters. The molecular formula is C18H28N6O4. The molecule has 5 N–H and O–H groups in total. The summed E-state index contributed by atoms with van der Waals surface area (Å²) in [5.41, 5.74) is 1.08. The summed E-state index contributed by atoms with van der Waals surface area (Å²) in [6.07, 6.45) is 2.63. The summed E-state index contributed by atoms with van der Waals surface area (Å²) in [4.78, 5) is 13.4. The van der Waals surface area contributed by atoms with Gasteiger partial charge in [-0.3, -0.25) is 4.57 Å². The van der Waals surface area contributed by atoms with Gasteiger partial charge in [0.15, 0.2) is 23.2 Å². The largest absolute Gasteiger partial charge is 0.394 e. The molecule has 10 nitrogen and oxygen atoms in total. The van der Waals surface area contributed by atoms with Gasteiger partial charge in [0.25, 0.3) is 0 Å². The highest BCUT2D eigenvalue weighted by atomic mass is 16.6. The maximum atomic E-state index is 10.6. The van der Waals surface area contributed by atoms with E-state index in [1.54, 1.807) is 4.57 Å². The molecule has 154 valence electrons. The number of aliphatic hydroxyl groups is 3. The van der Waals surface area contributed by atoms with Crippen LogP contribution in [0, 0.1) is 0 Å². The number of imidazole rings is 1. The molecule has 1 saturated carbocycles. The van der Waals surface area contributed by atoms with Crippen molar-refractivity contribution in [3.8, 4) is 0 Å². The number of rotatable bonds is 7. The van der Waals surface area contributed by atoms with Crippen molar-refractivity contribution in [2.75, 3.05) is 23.8 Å². The minimum atomic E-state index is -1.21. The minimum absolute atomic E-state index is 0.285. The van der Waals surface area contributed by atoms with Crippen LogP contribution in [0.15, 0.2) is 6.33 Å². The molecular weight excluding hydrogens is 364 g/mol. The molecule has 2 fully saturated rings. The van der Waals surface area contributed by atoms with E-state index < -0.39 is 24.5 Å². The van der Waals surface area contributed by atoms with E-state index in [1.807, 2.05) is 0 Å². The molecule has 3 heterocycles. The standard InChI is InChI=1S/C18H28N6O4/c1-2-7-19-15-12-16(21-9-20-15)24(17-14(27)13(26)11(8-25)28-17)18(23-12)22-10-5-3-4-6-10/h9-11,13-14,17,25-27H,2-8H2,1H3,(H,22,23)(H,19,20,21)/t11-,13-,14-,17-/m1/s1. The second-order valence-corrected chi connectivity index (χ2v) is 7.48. The number of fused-ring (bicyclic) bond motifs is 1. The van der Waals surface area contributed by atoms with E-state index >= 15 is 0 Å². The maximum Gasteiger partial charge on any atom is 0.207 e. The van der Waals surface area contributed by atoms with E-state index in [1.165, 1.54) is 6.33 Å². The molecule has 0 spiro atoms. The van der Waals surface area contributed by atoms with E-state index in [-0.39, 0.29) is 12.6 Å². The Bertz CT molecular complexity index is 809. The average molecular weight is 392 g/mol. The normalized spacial score (nSPS) is 28.3. The topological polar surface area (TPSA) is 138 Å². The van der Waals surface area contributed by atoms with Gasteiger partial charge in [-0.05, 0) is 19.3 Å². The summed E-state index contributed by atoms with van der Waals surface area (Å²) in [5.74, 6) is 1.14. The number of anilines is 2.